The topological polar surface area (TPSA) is 32.3 Å². The molecule has 0 aromatic carbocycles. The van der Waals surface area contributed by atoms with E-state index in [1.54, 1.807) is 0 Å². The number of hydrogen-bond donors (Lipinski definition) is 1. The molecule has 0 bridgehead atoms. The molecule has 0 aromatic heterocycles. The summed E-state index contributed by atoms with van der Waals surface area (Å²) in [5.41, 5.74) is 0. The van der Waals surface area contributed by atoms with Crippen molar-refractivity contribution in [3.05, 3.63) is 0 Å². The second-order valence-electron chi connectivity index (χ2n) is 5.56. The average molecular weight is 226 g/mol. The van der Waals surface area contributed by atoms with Crippen LogP contribution in [0.5, 0.6) is 0 Å². The first-order chi connectivity index (χ1) is 7.50. The fourth-order valence-electron chi connectivity index (χ4n) is 2.20. The first kappa shape index (κ1) is 13.5. The minimum absolute atomic E-state index is 0.0292. The zero-order valence-corrected chi connectivity index (χ0v) is 11.1. The molecule has 0 aliphatic carbocycles. The van der Waals surface area contributed by atoms with Crippen LogP contribution < -0.4 is 5.32 Å². The Labute approximate surface area is 99.6 Å². The number of amides is 1. The second-order valence-corrected chi connectivity index (χ2v) is 5.56. The number of likely N-dealkylation sites (tertiary alicyclic amines) is 1. The van der Waals surface area contributed by atoms with E-state index in [4.69, 9.17) is 0 Å². The largest absolute Gasteiger partial charge is 0.354 e. The molecule has 1 saturated heterocycles. The molecular weight excluding hydrogens is 200 g/mol. The lowest BCUT2D eigenvalue weighted by Crippen LogP contribution is -2.49. The zero-order valence-electron chi connectivity index (χ0n) is 11.1. The lowest BCUT2D eigenvalue weighted by molar-refractivity contribution is -0.126. The van der Waals surface area contributed by atoms with E-state index in [0.29, 0.717) is 5.92 Å². The van der Waals surface area contributed by atoms with Gasteiger partial charge in [-0.3, -0.25) is 9.69 Å². The quantitative estimate of drug-likeness (QED) is 0.794. The molecule has 0 radical (unpaired) electrons. The highest BCUT2D eigenvalue weighted by Crippen LogP contribution is 2.17. The van der Waals surface area contributed by atoms with Gasteiger partial charge in [-0.05, 0) is 38.1 Å². The Morgan fingerprint density at radius 2 is 2.12 bits per heavy atom. The van der Waals surface area contributed by atoms with Gasteiger partial charge >= 0.3 is 0 Å². The molecule has 1 rings (SSSR count). The Bertz CT molecular complexity index is 228. The SMILES string of the molecule is CC(C)CNC(=O)[C@H](C)N1CCC[C@H](C)C1. The van der Waals surface area contributed by atoms with E-state index in [2.05, 4.69) is 31.0 Å². The Balaban J connectivity index is 2.37. The summed E-state index contributed by atoms with van der Waals surface area (Å²) in [4.78, 5) is 14.2. The van der Waals surface area contributed by atoms with Crippen LogP contribution in [0.2, 0.25) is 0 Å². The van der Waals surface area contributed by atoms with Gasteiger partial charge in [0.15, 0.2) is 0 Å². The molecule has 3 nitrogen and oxygen atoms in total. The predicted molar refractivity (Wildman–Crippen MR) is 67.3 cm³/mol. The molecule has 0 saturated carbocycles. The van der Waals surface area contributed by atoms with Crippen molar-refractivity contribution in [1.29, 1.82) is 0 Å². The van der Waals surface area contributed by atoms with E-state index >= 15 is 0 Å². The highest BCUT2D eigenvalue weighted by atomic mass is 16.2. The highest BCUT2D eigenvalue weighted by Gasteiger charge is 2.25. The van der Waals surface area contributed by atoms with Crippen LogP contribution >= 0.6 is 0 Å². The molecule has 1 fully saturated rings. The van der Waals surface area contributed by atoms with Crippen molar-refractivity contribution < 1.29 is 4.79 Å². The smallest absolute Gasteiger partial charge is 0.237 e. The van der Waals surface area contributed by atoms with Crippen LogP contribution in [0.1, 0.15) is 40.5 Å². The van der Waals surface area contributed by atoms with Gasteiger partial charge in [0.05, 0.1) is 6.04 Å². The van der Waals surface area contributed by atoms with Crippen LogP contribution in [-0.4, -0.2) is 36.5 Å². The summed E-state index contributed by atoms with van der Waals surface area (Å²) in [6.45, 7) is 11.4. The molecule has 1 amide bonds. The summed E-state index contributed by atoms with van der Waals surface area (Å²) in [5, 5.41) is 3.01. The van der Waals surface area contributed by atoms with Crippen LogP contribution in [0.4, 0.5) is 0 Å². The molecule has 0 aromatic rings. The molecule has 3 heteroatoms. The first-order valence-electron chi connectivity index (χ1n) is 6.52. The van der Waals surface area contributed by atoms with Crippen molar-refractivity contribution in [2.24, 2.45) is 11.8 Å². The Kier molecular flexibility index (Phi) is 5.26. The van der Waals surface area contributed by atoms with Gasteiger partial charge in [-0.2, -0.15) is 0 Å². The third kappa shape index (κ3) is 4.12. The Hall–Kier alpha value is -0.570. The monoisotopic (exact) mass is 226 g/mol. The Morgan fingerprint density at radius 1 is 1.44 bits per heavy atom. The molecule has 0 spiro atoms. The van der Waals surface area contributed by atoms with Crippen molar-refractivity contribution in [1.82, 2.24) is 10.2 Å². The number of nitrogens with zero attached hydrogens (tertiary/aromatic N) is 1. The molecule has 1 N–H and O–H groups in total. The molecule has 1 aliphatic rings. The van der Waals surface area contributed by atoms with Crippen molar-refractivity contribution in [3.63, 3.8) is 0 Å². The standard InChI is InChI=1S/C13H26N2O/c1-10(2)8-14-13(16)12(4)15-7-5-6-11(3)9-15/h10-12H,5-9H2,1-4H3,(H,14,16)/t11-,12-/m0/s1. The zero-order chi connectivity index (χ0) is 12.1. The van der Waals surface area contributed by atoms with Crippen LogP contribution in [0, 0.1) is 11.8 Å². The molecule has 16 heavy (non-hydrogen) atoms. The molecule has 1 aliphatic heterocycles. The molecule has 0 unspecified atom stereocenters. The van der Waals surface area contributed by atoms with E-state index in [-0.39, 0.29) is 11.9 Å². The third-order valence-corrected chi connectivity index (χ3v) is 3.30. The minimum atomic E-state index is 0.0292. The minimum Gasteiger partial charge on any atom is -0.354 e. The predicted octanol–water partition coefficient (Wildman–Crippen LogP) is 1.88. The number of rotatable bonds is 4. The maximum atomic E-state index is 11.9. The van der Waals surface area contributed by atoms with Crippen molar-refractivity contribution in [3.8, 4) is 0 Å². The van der Waals surface area contributed by atoms with Crippen LogP contribution in [0.25, 0.3) is 0 Å². The fraction of sp³-hybridized carbons (Fsp3) is 0.923. The van der Waals surface area contributed by atoms with Gasteiger partial charge in [-0.15, -0.1) is 0 Å². The van der Waals surface area contributed by atoms with E-state index in [9.17, 15) is 4.79 Å². The summed E-state index contributed by atoms with van der Waals surface area (Å²) in [6, 6.07) is 0.0292. The number of nitrogens with one attached hydrogen (secondary N) is 1. The van der Waals surface area contributed by atoms with Gasteiger partial charge in [0.2, 0.25) is 5.91 Å². The van der Waals surface area contributed by atoms with E-state index in [1.807, 2.05) is 6.92 Å². The molecule has 1 heterocycles. The number of carbonyl (C=O) groups excluding carboxylic acids is 1. The van der Waals surface area contributed by atoms with Crippen molar-refractivity contribution in [2.45, 2.75) is 46.6 Å². The first-order valence-corrected chi connectivity index (χ1v) is 6.52. The molecule has 94 valence electrons. The second kappa shape index (κ2) is 6.24. The van der Waals surface area contributed by atoms with Gasteiger partial charge in [-0.25, -0.2) is 0 Å². The molecule has 2 atom stereocenters. The number of hydrogen-bond acceptors (Lipinski definition) is 2. The van der Waals surface area contributed by atoms with E-state index in [0.717, 1.165) is 25.6 Å². The van der Waals surface area contributed by atoms with Crippen LogP contribution in [0.3, 0.4) is 0 Å². The third-order valence-electron chi connectivity index (χ3n) is 3.30. The van der Waals surface area contributed by atoms with Gasteiger partial charge in [0.1, 0.15) is 0 Å². The summed E-state index contributed by atoms with van der Waals surface area (Å²) in [7, 11) is 0. The highest BCUT2D eigenvalue weighted by molar-refractivity contribution is 5.81. The van der Waals surface area contributed by atoms with E-state index in [1.165, 1.54) is 12.8 Å². The van der Waals surface area contributed by atoms with Crippen molar-refractivity contribution in [2.75, 3.05) is 19.6 Å². The average Bonchev–Trinajstić information content (AvgIpc) is 2.24. The number of carbonyl (C=O) groups is 1. The van der Waals surface area contributed by atoms with Crippen LogP contribution in [-0.2, 0) is 4.79 Å². The summed E-state index contributed by atoms with van der Waals surface area (Å²) >= 11 is 0. The Morgan fingerprint density at radius 3 is 2.69 bits per heavy atom. The van der Waals surface area contributed by atoms with Gasteiger partial charge in [-0.1, -0.05) is 20.8 Å². The lowest BCUT2D eigenvalue weighted by Gasteiger charge is -2.34. The normalized spacial score (nSPS) is 24.4. The maximum absolute atomic E-state index is 11.9. The fourth-order valence-corrected chi connectivity index (χ4v) is 2.20. The molecular formula is C13H26N2O. The van der Waals surface area contributed by atoms with Crippen LogP contribution in [0.15, 0.2) is 0 Å². The lowest BCUT2D eigenvalue weighted by atomic mass is 9.99. The van der Waals surface area contributed by atoms with Crippen molar-refractivity contribution >= 4 is 5.91 Å². The van der Waals surface area contributed by atoms with Gasteiger partial charge < -0.3 is 5.32 Å². The summed E-state index contributed by atoms with van der Waals surface area (Å²) in [5.74, 6) is 1.44. The summed E-state index contributed by atoms with van der Waals surface area (Å²) < 4.78 is 0. The van der Waals surface area contributed by atoms with E-state index < -0.39 is 0 Å². The maximum Gasteiger partial charge on any atom is 0.237 e. The van der Waals surface area contributed by atoms with Gasteiger partial charge in [0.25, 0.3) is 0 Å². The number of piperidine rings is 1. The van der Waals surface area contributed by atoms with Gasteiger partial charge in [0, 0.05) is 13.1 Å². The summed E-state index contributed by atoms with van der Waals surface area (Å²) in [6.07, 6.45) is 2.53.